The molecule has 1 saturated heterocycles. The zero-order valence-electron chi connectivity index (χ0n) is 22.7. The third-order valence-electron chi connectivity index (χ3n) is 6.91. The number of benzene rings is 2. The Hall–Kier alpha value is -3.30. The molecule has 2 N–H and O–H groups in total. The Morgan fingerprint density at radius 1 is 1.16 bits per heavy atom. The Balaban J connectivity index is 1.76. The molecule has 2 aromatic rings. The van der Waals surface area contributed by atoms with Gasteiger partial charge in [0.25, 0.3) is 0 Å². The zero-order valence-corrected chi connectivity index (χ0v) is 22.7. The first-order valence-electron chi connectivity index (χ1n) is 13.1. The quantitative estimate of drug-likeness (QED) is 0.389. The van der Waals surface area contributed by atoms with Crippen LogP contribution in [-0.2, 0) is 38.8 Å². The summed E-state index contributed by atoms with van der Waals surface area (Å²) in [5.74, 6) is -0.561. The molecular formula is C29H39FN4O4. The fraction of sp³-hybridized carbons (Fsp3) is 0.483. The molecule has 1 fully saturated rings. The van der Waals surface area contributed by atoms with Gasteiger partial charge in [-0.25, -0.2) is 4.39 Å². The molecule has 0 aromatic heterocycles. The van der Waals surface area contributed by atoms with Gasteiger partial charge in [-0.15, -0.1) is 0 Å². The third-order valence-corrected chi connectivity index (χ3v) is 6.91. The highest BCUT2D eigenvalue weighted by Crippen LogP contribution is 2.25. The van der Waals surface area contributed by atoms with Crippen molar-refractivity contribution in [2.75, 3.05) is 25.5 Å². The second-order valence-corrected chi connectivity index (χ2v) is 9.95. The van der Waals surface area contributed by atoms with E-state index in [9.17, 15) is 14.4 Å². The summed E-state index contributed by atoms with van der Waals surface area (Å²) in [6, 6.07) is 10.4. The molecule has 0 radical (unpaired) electrons. The van der Waals surface area contributed by atoms with E-state index in [0.29, 0.717) is 24.1 Å². The summed E-state index contributed by atoms with van der Waals surface area (Å²) < 4.78 is 21.3. The second kappa shape index (κ2) is 14.0. The number of morpholine rings is 1. The summed E-state index contributed by atoms with van der Waals surface area (Å²) in [7, 11) is 1.50. The predicted octanol–water partition coefficient (Wildman–Crippen LogP) is 3.41. The van der Waals surface area contributed by atoms with Gasteiger partial charge in [-0.2, -0.15) is 0 Å². The Morgan fingerprint density at radius 2 is 1.84 bits per heavy atom. The molecule has 0 bridgehead atoms. The summed E-state index contributed by atoms with van der Waals surface area (Å²) in [5.41, 5.74) is 3.70. The highest BCUT2D eigenvalue weighted by atomic mass is 19.1. The van der Waals surface area contributed by atoms with Gasteiger partial charge in [0, 0.05) is 63.0 Å². The van der Waals surface area contributed by atoms with Gasteiger partial charge in [0.2, 0.25) is 12.3 Å². The predicted molar refractivity (Wildman–Crippen MR) is 145 cm³/mol. The number of ether oxygens (including phenoxy) is 1. The van der Waals surface area contributed by atoms with Crippen molar-refractivity contribution in [3.63, 3.8) is 0 Å². The summed E-state index contributed by atoms with van der Waals surface area (Å²) in [4.78, 5) is 39.0. The average Bonchev–Trinajstić information content (AvgIpc) is 2.89. The molecule has 0 saturated carbocycles. The lowest BCUT2D eigenvalue weighted by Gasteiger charge is -2.35. The highest BCUT2D eigenvalue weighted by molar-refractivity contribution is 5.83. The van der Waals surface area contributed by atoms with Crippen LogP contribution in [0.4, 0.5) is 10.1 Å². The molecule has 206 valence electrons. The van der Waals surface area contributed by atoms with Crippen LogP contribution in [0.15, 0.2) is 36.4 Å². The topological polar surface area (TPSA) is 91.0 Å². The van der Waals surface area contributed by atoms with E-state index in [4.69, 9.17) is 4.74 Å². The third kappa shape index (κ3) is 7.61. The number of amides is 2. The maximum atomic E-state index is 15.5. The number of hydrogen-bond acceptors (Lipinski definition) is 6. The molecule has 8 nitrogen and oxygen atoms in total. The lowest BCUT2D eigenvalue weighted by Crippen LogP contribution is -2.45. The molecule has 1 aliphatic rings. The number of nitrogens with zero attached hydrogens (tertiary/aromatic N) is 2. The number of aldehydes is 1. The lowest BCUT2D eigenvalue weighted by atomic mass is 10.0. The number of nitrogens with one attached hydrogen (secondary N) is 2. The standard InChI is InChI=1S/C29H39FN4O4/c1-20-8-5-11-26(25(20)18-34(19-36)27(12-7-13-35)29(37)31-4)32-14-23-9-6-10-24(28(23)30)17-33-15-21(2)38-22(3)16-33/h5-6,8-11,13,19,21-22,27,32H,7,12,14-18H2,1-4H3,(H,31,37). The van der Waals surface area contributed by atoms with Gasteiger partial charge in [0.1, 0.15) is 18.1 Å². The smallest absolute Gasteiger partial charge is 0.242 e. The van der Waals surface area contributed by atoms with Crippen molar-refractivity contribution < 1.29 is 23.5 Å². The van der Waals surface area contributed by atoms with E-state index in [2.05, 4.69) is 15.5 Å². The van der Waals surface area contributed by atoms with Gasteiger partial charge in [0.15, 0.2) is 0 Å². The number of hydrogen-bond donors (Lipinski definition) is 2. The second-order valence-electron chi connectivity index (χ2n) is 9.95. The summed E-state index contributed by atoms with van der Waals surface area (Å²) in [6.45, 7) is 8.46. The van der Waals surface area contributed by atoms with E-state index in [0.717, 1.165) is 36.2 Å². The van der Waals surface area contributed by atoms with Crippen molar-refractivity contribution in [2.24, 2.45) is 0 Å². The largest absolute Gasteiger partial charge is 0.381 e. The molecule has 3 rings (SSSR count). The summed E-state index contributed by atoms with van der Waals surface area (Å²) in [5, 5.41) is 5.91. The average molecular weight is 527 g/mol. The minimum atomic E-state index is -0.769. The summed E-state index contributed by atoms with van der Waals surface area (Å²) >= 11 is 0. The molecule has 3 unspecified atom stereocenters. The Kier molecular flexibility index (Phi) is 10.8. The first kappa shape index (κ1) is 29.3. The van der Waals surface area contributed by atoms with Crippen LogP contribution < -0.4 is 10.6 Å². The first-order chi connectivity index (χ1) is 18.3. The van der Waals surface area contributed by atoms with Crippen molar-refractivity contribution in [1.29, 1.82) is 0 Å². The highest BCUT2D eigenvalue weighted by Gasteiger charge is 2.26. The van der Waals surface area contributed by atoms with Crippen LogP contribution >= 0.6 is 0 Å². The number of halogens is 1. The monoisotopic (exact) mass is 526 g/mol. The van der Waals surface area contributed by atoms with Crippen molar-refractivity contribution in [3.05, 3.63) is 64.5 Å². The van der Waals surface area contributed by atoms with E-state index >= 15 is 4.39 Å². The van der Waals surface area contributed by atoms with E-state index < -0.39 is 6.04 Å². The van der Waals surface area contributed by atoms with Gasteiger partial charge in [-0.1, -0.05) is 30.3 Å². The van der Waals surface area contributed by atoms with Crippen LogP contribution in [0.25, 0.3) is 0 Å². The van der Waals surface area contributed by atoms with Gasteiger partial charge in [-0.3, -0.25) is 14.5 Å². The van der Waals surface area contributed by atoms with Crippen molar-refractivity contribution in [3.8, 4) is 0 Å². The maximum Gasteiger partial charge on any atom is 0.242 e. The minimum absolute atomic E-state index is 0.110. The Morgan fingerprint density at radius 3 is 2.50 bits per heavy atom. The van der Waals surface area contributed by atoms with Crippen LogP contribution in [0.1, 0.15) is 48.9 Å². The normalized spacial score (nSPS) is 18.4. The van der Waals surface area contributed by atoms with E-state index in [1.54, 1.807) is 6.07 Å². The summed E-state index contributed by atoms with van der Waals surface area (Å²) in [6.07, 6.45) is 1.99. The number of carbonyl (C=O) groups is 3. The molecule has 2 aromatic carbocycles. The molecule has 1 aliphatic heterocycles. The van der Waals surface area contributed by atoms with Crippen molar-refractivity contribution >= 4 is 24.3 Å². The molecular weight excluding hydrogens is 487 g/mol. The Bertz CT molecular complexity index is 1100. The van der Waals surface area contributed by atoms with Gasteiger partial charge >= 0.3 is 0 Å². The van der Waals surface area contributed by atoms with E-state index in [1.165, 1.54) is 11.9 Å². The molecule has 3 atom stereocenters. The van der Waals surface area contributed by atoms with Crippen LogP contribution in [0.5, 0.6) is 0 Å². The SMILES string of the molecule is CNC(=O)C(CCC=O)N(C=O)Cc1c(C)cccc1NCc1cccc(CN2CC(C)OC(C)C2)c1F. The van der Waals surface area contributed by atoms with E-state index in [-0.39, 0.29) is 49.9 Å². The van der Waals surface area contributed by atoms with Gasteiger partial charge in [0.05, 0.1) is 12.2 Å². The van der Waals surface area contributed by atoms with Crippen molar-refractivity contribution in [1.82, 2.24) is 15.1 Å². The molecule has 38 heavy (non-hydrogen) atoms. The van der Waals surface area contributed by atoms with Crippen molar-refractivity contribution in [2.45, 2.75) is 71.5 Å². The fourth-order valence-electron chi connectivity index (χ4n) is 5.06. The number of likely N-dealkylation sites (N-methyl/N-ethyl adjacent to an activating group) is 1. The zero-order chi connectivity index (χ0) is 27.7. The molecule has 0 spiro atoms. The number of anilines is 1. The molecule has 0 aliphatic carbocycles. The number of carbonyl (C=O) groups excluding carboxylic acids is 3. The Labute approximate surface area is 224 Å². The van der Waals surface area contributed by atoms with Crippen LogP contribution in [0, 0.1) is 12.7 Å². The van der Waals surface area contributed by atoms with Gasteiger partial charge in [-0.05, 0) is 44.4 Å². The van der Waals surface area contributed by atoms with Crippen LogP contribution in [0.2, 0.25) is 0 Å². The molecule has 2 amide bonds. The van der Waals surface area contributed by atoms with E-state index in [1.807, 2.05) is 51.1 Å². The van der Waals surface area contributed by atoms with Gasteiger partial charge < -0.3 is 25.1 Å². The first-order valence-corrected chi connectivity index (χ1v) is 13.1. The fourth-order valence-corrected chi connectivity index (χ4v) is 5.06. The van der Waals surface area contributed by atoms with Crippen LogP contribution in [0.3, 0.4) is 0 Å². The minimum Gasteiger partial charge on any atom is -0.381 e. The lowest BCUT2D eigenvalue weighted by molar-refractivity contribution is -0.133. The number of aryl methyl sites for hydroxylation is 1. The molecule has 1 heterocycles. The molecule has 9 heteroatoms. The maximum absolute atomic E-state index is 15.5. The number of rotatable bonds is 13. The van der Waals surface area contributed by atoms with Crippen LogP contribution in [-0.4, -0.2) is 66.8 Å².